The highest BCUT2D eigenvalue weighted by molar-refractivity contribution is 4.96. The molecule has 3 atom stereocenters. The first-order chi connectivity index (χ1) is 8.10. The fraction of sp³-hybridized carbons (Fsp3) is 1.00. The maximum absolute atomic E-state index is 3.76. The molecule has 1 heterocycles. The first-order valence-electron chi connectivity index (χ1n) is 7.60. The maximum Gasteiger partial charge on any atom is 0.0278 e. The van der Waals surface area contributed by atoms with Gasteiger partial charge in [0, 0.05) is 30.7 Å². The van der Waals surface area contributed by atoms with Crippen molar-refractivity contribution in [2.24, 2.45) is 0 Å². The fourth-order valence-corrected chi connectivity index (χ4v) is 3.05. The topological polar surface area (TPSA) is 15.3 Å². The van der Waals surface area contributed by atoms with Crippen LogP contribution in [0, 0.1) is 0 Å². The number of hydrogen-bond acceptors (Lipinski definition) is 2. The molecule has 0 bridgehead atoms. The van der Waals surface area contributed by atoms with E-state index in [1.165, 1.54) is 45.2 Å². The molecule has 1 saturated heterocycles. The van der Waals surface area contributed by atoms with Crippen LogP contribution in [0.3, 0.4) is 0 Å². The molecule has 0 aromatic heterocycles. The number of piperazine rings is 1. The van der Waals surface area contributed by atoms with Crippen LogP contribution in [-0.4, -0.2) is 35.6 Å². The van der Waals surface area contributed by atoms with E-state index in [-0.39, 0.29) is 0 Å². The lowest BCUT2D eigenvalue weighted by atomic mass is 9.90. The summed E-state index contributed by atoms with van der Waals surface area (Å²) in [7, 11) is 0. The SMILES string of the molecule is CCCC(CC)N1CC(C)(CC)NCC1CC. The summed E-state index contributed by atoms with van der Waals surface area (Å²) in [5, 5.41) is 3.76. The molecule has 2 heteroatoms. The summed E-state index contributed by atoms with van der Waals surface area (Å²) in [4.78, 5) is 2.80. The van der Waals surface area contributed by atoms with Gasteiger partial charge in [0.2, 0.25) is 0 Å². The number of hydrogen-bond donors (Lipinski definition) is 1. The summed E-state index contributed by atoms with van der Waals surface area (Å²) in [5.41, 5.74) is 0.326. The van der Waals surface area contributed by atoms with Crippen LogP contribution in [0.5, 0.6) is 0 Å². The van der Waals surface area contributed by atoms with Crippen molar-refractivity contribution in [2.75, 3.05) is 13.1 Å². The van der Waals surface area contributed by atoms with Crippen LogP contribution in [0.25, 0.3) is 0 Å². The lowest BCUT2D eigenvalue weighted by molar-refractivity contribution is 0.0384. The number of nitrogens with zero attached hydrogens (tertiary/aromatic N) is 1. The summed E-state index contributed by atoms with van der Waals surface area (Å²) in [6, 6.07) is 1.53. The van der Waals surface area contributed by atoms with Gasteiger partial charge in [-0.15, -0.1) is 0 Å². The lowest BCUT2D eigenvalue weighted by Gasteiger charge is -2.49. The predicted molar refractivity (Wildman–Crippen MR) is 76.5 cm³/mol. The second-order valence-corrected chi connectivity index (χ2v) is 5.88. The monoisotopic (exact) mass is 240 g/mol. The average Bonchev–Trinajstić information content (AvgIpc) is 2.36. The van der Waals surface area contributed by atoms with E-state index in [1.807, 2.05) is 0 Å². The third-order valence-electron chi connectivity index (χ3n) is 4.58. The van der Waals surface area contributed by atoms with Crippen molar-refractivity contribution >= 4 is 0 Å². The van der Waals surface area contributed by atoms with Crippen LogP contribution in [0.15, 0.2) is 0 Å². The molecule has 0 saturated carbocycles. The molecule has 1 aliphatic heterocycles. The average molecular weight is 240 g/mol. The van der Waals surface area contributed by atoms with Gasteiger partial charge in [-0.2, -0.15) is 0 Å². The fourth-order valence-electron chi connectivity index (χ4n) is 3.05. The van der Waals surface area contributed by atoms with E-state index in [9.17, 15) is 0 Å². The molecule has 1 rings (SSSR count). The Kier molecular flexibility index (Phi) is 5.94. The van der Waals surface area contributed by atoms with Crippen molar-refractivity contribution in [3.8, 4) is 0 Å². The number of rotatable bonds is 6. The van der Waals surface area contributed by atoms with Crippen molar-refractivity contribution in [2.45, 2.75) is 84.3 Å². The first-order valence-corrected chi connectivity index (χ1v) is 7.60. The Bertz CT molecular complexity index is 217. The van der Waals surface area contributed by atoms with Gasteiger partial charge in [-0.25, -0.2) is 0 Å². The van der Waals surface area contributed by atoms with Crippen molar-refractivity contribution in [3.63, 3.8) is 0 Å². The molecule has 0 radical (unpaired) electrons. The molecule has 1 fully saturated rings. The van der Waals surface area contributed by atoms with Crippen LogP contribution >= 0.6 is 0 Å². The highest BCUT2D eigenvalue weighted by atomic mass is 15.3. The third kappa shape index (κ3) is 3.69. The summed E-state index contributed by atoms with van der Waals surface area (Å²) in [6.45, 7) is 14.1. The van der Waals surface area contributed by atoms with E-state index in [0.29, 0.717) is 5.54 Å². The molecule has 17 heavy (non-hydrogen) atoms. The van der Waals surface area contributed by atoms with Gasteiger partial charge in [0.1, 0.15) is 0 Å². The Morgan fingerprint density at radius 3 is 2.47 bits per heavy atom. The zero-order chi connectivity index (χ0) is 12.9. The number of nitrogens with one attached hydrogen (secondary N) is 1. The van der Waals surface area contributed by atoms with Crippen molar-refractivity contribution in [3.05, 3.63) is 0 Å². The standard InChI is InChI=1S/C15H32N2/c1-6-10-13(7-2)17-12-15(5,9-4)16-11-14(17)8-3/h13-14,16H,6-12H2,1-5H3. The van der Waals surface area contributed by atoms with E-state index in [2.05, 4.69) is 44.8 Å². The summed E-state index contributed by atoms with van der Waals surface area (Å²) < 4.78 is 0. The molecule has 3 unspecified atom stereocenters. The van der Waals surface area contributed by atoms with E-state index >= 15 is 0 Å². The van der Waals surface area contributed by atoms with E-state index < -0.39 is 0 Å². The largest absolute Gasteiger partial charge is 0.309 e. The lowest BCUT2D eigenvalue weighted by Crippen LogP contribution is -2.64. The van der Waals surface area contributed by atoms with Gasteiger partial charge in [0.05, 0.1) is 0 Å². The minimum absolute atomic E-state index is 0.326. The summed E-state index contributed by atoms with van der Waals surface area (Å²) in [6.07, 6.45) is 6.45. The highest BCUT2D eigenvalue weighted by Crippen LogP contribution is 2.25. The van der Waals surface area contributed by atoms with E-state index in [4.69, 9.17) is 0 Å². The Labute approximate surface area is 108 Å². The predicted octanol–water partition coefficient (Wildman–Crippen LogP) is 3.42. The van der Waals surface area contributed by atoms with Crippen molar-refractivity contribution < 1.29 is 0 Å². The van der Waals surface area contributed by atoms with Gasteiger partial charge in [-0.05, 0) is 32.6 Å². The summed E-state index contributed by atoms with van der Waals surface area (Å²) >= 11 is 0. The normalized spacial score (nSPS) is 32.6. The molecule has 0 aromatic carbocycles. The smallest absolute Gasteiger partial charge is 0.0278 e. The molecule has 0 amide bonds. The molecular formula is C15H32N2. The van der Waals surface area contributed by atoms with Gasteiger partial charge in [-0.1, -0.05) is 34.1 Å². The van der Waals surface area contributed by atoms with Crippen LogP contribution in [0.4, 0.5) is 0 Å². The molecule has 0 aromatic rings. The minimum Gasteiger partial charge on any atom is -0.309 e. The van der Waals surface area contributed by atoms with E-state index in [1.54, 1.807) is 0 Å². The van der Waals surface area contributed by atoms with Crippen LogP contribution in [-0.2, 0) is 0 Å². The van der Waals surface area contributed by atoms with Gasteiger partial charge in [-0.3, -0.25) is 4.90 Å². The quantitative estimate of drug-likeness (QED) is 0.765. The van der Waals surface area contributed by atoms with Gasteiger partial charge in [0.25, 0.3) is 0 Å². The third-order valence-corrected chi connectivity index (χ3v) is 4.58. The molecule has 2 nitrogen and oxygen atoms in total. The van der Waals surface area contributed by atoms with Gasteiger partial charge >= 0.3 is 0 Å². The van der Waals surface area contributed by atoms with Crippen molar-refractivity contribution in [1.82, 2.24) is 10.2 Å². The Hall–Kier alpha value is -0.0800. The van der Waals surface area contributed by atoms with Crippen LogP contribution in [0.2, 0.25) is 0 Å². The minimum atomic E-state index is 0.326. The second-order valence-electron chi connectivity index (χ2n) is 5.88. The zero-order valence-electron chi connectivity index (χ0n) is 12.6. The molecule has 0 aliphatic carbocycles. The molecule has 102 valence electrons. The van der Waals surface area contributed by atoms with Crippen molar-refractivity contribution in [1.29, 1.82) is 0 Å². The first kappa shape index (κ1) is 15.0. The second kappa shape index (κ2) is 6.75. The zero-order valence-corrected chi connectivity index (χ0v) is 12.6. The summed E-state index contributed by atoms with van der Waals surface area (Å²) in [5.74, 6) is 0. The molecular weight excluding hydrogens is 208 g/mol. The Balaban J connectivity index is 2.74. The Morgan fingerprint density at radius 1 is 1.29 bits per heavy atom. The van der Waals surface area contributed by atoms with Crippen LogP contribution in [0.1, 0.15) is 66.7 Å². The van der Waals surface area contributed by atoms with Gasteiger partial charge in [0.15, 0.2) is 0 Å². The Morgan fingerprint density at radius 2 is 2.00 bits per heavy atom. The van der Waals surface area contributed by atoms with E-state index in [0.717, 1.165) is 12.1 Å². The van der Waals surface area contributed by atoms with Crippen LogP contribution < -0.4 is 5.32 Å². The van der Waals surface area contributed by atoms with Gasteiger partial charge < -0.3 is 5.32 Å². The molecule has 1 aliphatic rings. The highest BCUT2D eigenvalue weighted by Gasteiger charge is 2.36. The molecule has 0 spiro atoms. The molecule has 1 N–H and O–H groups in total. The maximum atomic E-state index is 3.76.